The maximum atomic E-state index is 12.5. The summed E-state index contributed by atoms with van der Waals surface area (Å²) in [6.45, 7) is 2.35. The van der Waals surface area contributed by atoms with Crippen molar-refractivity contribution in [1.29, 1.82) is 0 Å². The molecule has 0 spiro atoms. The van der Waals surface area contributed by atoms with E-state index in [0.717, 1.165) is 24.8 Å². The first-order valence-electron chi connectivity index (χ1n) is 7.52. The number of carbonyl (C=O) groups excluding carboxylic acids is 2. The van der Waals surface area contributed by atoms with Gasteiger partial charge in [0, 0.05) is 32.5 Å². The minimum Gasteiger partial charge on any atom is -0.384 e. The molecule has 0 radical (unpaired) electrons. The first kappa shape index (κ1) is 16.5. The van der Waals surface area contributed by atoms with E-state index in [-0.39, 0.29) is 11.8 Å². The van der Waals surface area contributed by atoms with Gasteiger partial charge in [-0.05, 0) is 43.5 Å². The van der Waals surface area contributed by atoms with Crippen LogP contribution in [0.1, 0.15) is 35.2 Å². The Balaban J connectivity index is 2.19. The third-order valence-electron chi connectivity index (χ3n) is 4.20. The van der Waals surface area contributed by atoms with Gasteiger partial charge in [-0.3, -0.25) is 9.59 Å². The molecule has 0 heterocycles. The highest BCUT2D eigenvalue weighted by Crippen LogP contribution is 2.42. The minimum atomic E-state index is -0.412. The molecule has 5 heteroatoms. The Bertz CT molecular complexity index is 577. The van der Waals surface area contributed by atoms with E-state index in [0.29, 0.717) is 17.9 Å². The van der Waals surface area contributed by atoms with Crippen molar-refractivity contribution >= 4 is 17.5 Å². The van der Waals surface area contributed by atoms with E-state index >= 15 is 0 Å². The second kappa shape index (κ2) is 6.48. The average molecular weight is 304 g/mol. The van der Waals surface area contributed by atoms with Crippen molar-refractivity contribution in [1.82, 2.24) is 4.90 Å². The van der Waals surface area contributed by atoms with Crippen LogP contribution in [-0.4, -0.2) is 44.5 Å². The normalized spacial score (nSPS) is 15.8. The number of ether oxygens (including phenoxy) is 1. The maximum absolute atomic E-state index is 12.5. The topological polar surface area (TPSA) is 58.6 Å². The molecule has 0 atom stereocenters. The summed E-state index contributed by atoms with van der Waals surface area (Å²) in [5, 5.41) is 2.95. The standard InChI is InChI=1S/C17H24N2O3/c1-12-8-13(15(20)19(2)3)10-14(9-12)18-16(21)17(11-22-4)6-5-7-17/h8-10H,5-7,11H2,1-4H3,(H,18,21). The molecule has 1 saturated carbocycles. The number of rotatable bonds is 5. The van der Waals surface area contributed by atoms with E-state index in [1.165, 1.54) is 4.90 Å². The minimum absolute atomic E-state index is 0.0190. The summed E-state index contributed by atoms with van der Waals surface area (Å²) >= 11 is 0. The van der Waals surface area contributed by atoms with Crippen LogP contribution >= 0.6 is 0 Å². The maximum Gasteiger partial charge on any atom is 0.253 e. The quantitative estimate of drug-likeness (QED) is 0.909. The third-order valence-corrected chi connectivity index (χ3v) is 4.20. The van der Waals surface area contributed by atoms with Crippen molar-refractivity contribution in [2.24, 2.45) is 5.41 Å². The fourth-order valence-corrected chi connectivity index (χ4v) is 2.82. The lowest BCUT2D eigenvalue weighted by molar-refractivity contribution is -0.134. The summed E-state index contributed by atoms with van der Waals surface area (Å²) in [4.78, 5) is 26.2. The molecule has 2 amide bonds. The van der Waals surface area contributed by atoms with Gasteiger partial charge in [-0.2, -0.15) is 0 Å². The predicted octanol–water partition coefficient (Wildman–Crippen LogP) is 2.45. The molecule has 2 rings (SSSR count). The molecule has 1 fully saturated rings. The van der Waals surface area contributed by atoms with Gasteiger partial charge in [0.25, 0.3) is 5.91 Å². The zero-order chi connectivity index (χ0) is 16.3. The molecule has 1 aliphatic rings. The Morgan fingerprint density at radius 1 is 1.27 bits per heavy atom. The predicted molar refractivity (Wildman–Crippen MR) is 86.0 cm³/mol. The van der Waals surface area contributed by atoms with Crippen molar-refractivity contribution in [3.05, 3.63) is 29.3 Å². The first-order valence-corrected chi connectivity index (χ1v) is 7.52. The summed E-state index contributed by atoms with van der Waals surface area (Å²) in [7, 11) is 5.05. The summed E-state index contributed by atoms with van der Waals surface area (Å²) in [5.74, 6) is -0.0936. The second-order valence-corrected chi connectivity index (χ2v) is 6.31. The summed E-state index contributed by atoms with van der Waals surface area (Å²) < 4.78 is 5.20. The van der Waals surface area contributed by atoms with Gasteiger partial charge >= 0.3 is 0 Å². The molecule has 5 nitrogen and oxygen atoms in total. The van der Waals surface area contributed by atoms with E-state index in [1.54, 1.807) is 27.3 Å². The van der Waals surface area contributed by atoms with Crippen LogP contribution in [0.3, 0.4) is 0 Å². The molecule has 22 heavy (non-hydrogen) atoms. The van der Waals surface area contributed by atoms with Crippen LogP contribution in [0, 0.1) is 12.3 Å². The molecule has 0 saturated heterocycles. The van der Waals surface area contributed by atoms with Crippen molar-refractivity contribution in [3.8, 4) is 0 Å². The number of benzene rings is 1. The zero-order valence-electron chi connectivity index (χ0n) is 13.7. The van der Waals surface area contributed by atoms with Gasteiger partial charge in [-0.15, -0.1) is 0 Å². The fourth-order valence-electron chi connectivity index (χ4n) is 2.82. The average Bonchev–Trinajstić information content (AvgIpc) is 2.40. The number of nitrogens with zero attached hydrogens (tertiary/aromatic N) is 1. The van der Waals surface area contributed by atoms with Gasteiger partial charge in [0.05, 0.1) is 12.0 Å². The van der Waals surface area contributed by atoms with Crippen molar-refractivity contribution in [3.63, 3.8) is 0 Å². The summed E-state index contributed by atoms with van der Waals surface area (Å²) in [6, 6.07) is 5.43. The lowest BCUT2D eigenvalue weighted by Crippen LogP contribution is -2.45. The molecule has 120 valence electrons. The molecule has 1 aromatic rings. The highest BCUT2D eigenvalue weighted by Gasteiger charge is 2.44. The monoisotopic (exact) mass is 304 g/mol. The summed E-state index contributed by atoms with van der Waals surface area (Å²) in [6.07, 6.45) is 2.75. The van der Waals surface area contributed by atoms with Gasteiger partial charge in [-0.1, -0.05) is 6.42 Å². The molecule has 0 bridgehead atoms. The number of amides is 2. The van der Waals surface area contributed by atoms with E-state index in [2.05, 4.69) is 5.32 Å². The highest BCUT2D eigenvalue weighted by atomic mass is 16.5. The second-order valence-electron chi connectivity index (χ2n) is 6.31. The number of aryl methyl sites for hydroxylation is 1. The Morgan fingerprint density at radius 2 is 1.95 bits per heavy atom. The van der Waals surface area contributed by atoms with Crippen LogP contribution in [0.15, 0.2) is 18.2 Å². The molecule has 1 aliphatic carbocycles. The Labute approximate surface area is 131 Å². The van der Waals surface area contributed by atoms with Crippen molar-refractivity contribution < 1.29 is 14.3 Å². The zero-order valence-corrected chi connectivity index (χ0v) is 13.7. The number of carbonyl (C=O) groups is 2. The lowest BCUT2D eigenvalue weighted by atomic mass is 9.68. The molecule has 1 aromatic carbocycles. The van der Waals surface area contributed by atoms with E-state index in [9.17, 15) is 9.59 Å². The number of hydrogen-bond acceptors (Lipinski definition) is 3. The van der Waals surface area contributed by atoms with Gasteiger partial charge in [-0.25, -0.2) is 0 Å². The van der Waals surface area contributed by atoms with Gasteiger partial charge in [0.2, 0.25) is 5.91 Å². The SMILES string of the molecule is COCC1(C(=O)Nc2cc(C)cc(C(=O)N(C)C)c2)CCC1. The smallest absolute Gasteiger partial charge is 0.253 e. The number of methoxy groups -OCH3 is 1. The van der Waals surface area contributed by atoms with Crippen LogP contribution in [0.5, 0.6) is 0 Å². The lowest BCUT2D eigenvalue weighted by Gasteiger charge is -2.39. The van der Waals surface area contributed by atoms with Crippen LogP contribution in [0.25, 0.3) is 0 Å². The molecular weight excluding hydrogens is 280 g/mol. The first-order chi connectivity index (χ1) is 10.4. The van der Waals surface area contributed by atoms with E-state index in [1.807, 2.05) is 19.1 Å². The van der Waals surface area contributed by atoms with E-state index in [4.69, 9.17) is 4.74 Å². The molecule has 1 N–H and O–H groups in total. The molecular formula is C17H24N2O3. The van der Waals surface area contributed by atoms with Gasteiger partial charge in [0.15, 0.2) is 0 Å². The largest absolute Gasteiger partial charge is 0.384 e. The van der Waals surface area contributed by atoms with Crippen LogP contribution in [0.4, 0.5) is 5.69 Å². The Kier molecular flexibility index (Phi) is 4.86. The number of hydrogen-bond donors (Lipinski definition) is 1. The van der Waals surface area contributed by atoms with Gasteiger partial charge < -0.3 is 15.0 Å². The van der Waals surface area contributed by atoms with Crippen molar-refractivity contribution in [2.75, 3.05) is 33.1 Å². The Hall–Kier alpha value is -1.88. The third kappa shape index (κ3) is 3.30. The van der Waals surface area contributed by atoms with Crippen LogP contribution in [0.2, 0.25) is 0 Å². The van der Waals surface area contributed by atoms with Crippen LogP contribution in [-0.2, 0) is 9.53 Å². The fraction of sp³-hybridized carbons (Fsp3) is 0.529. The van der Waals surface area contributed by atoms with Crippen molar-refractivity contribution in [2.45, 2.75) is 26.2 Å². The molecule has 0 aliphatic heterocycles. The Morgan fingerprint density at radius 3 is 2.45 bits per heavy atom. The van der Waals surface area contributed by atoms with Gasteiger partial charge in [0.1, 0.15) is 0 Å². The summed E-state index contributed by atoms with van der Waals surface area (Å²) in [5.41, 5.74) is 1.77. The number of anilines is 1. The van der Waals surface area contributed by atoms with Crippen LogP contribution < -0.4 is 5.32 Å². The number of nitrogens with one attached hydrogen (secondary N) is 1. The highest BCUT2D eigenvalue weighted by molar-refractivity contribution is 5.99. The molecule has 0 unspecified atom stereocenters. The van der Waals surface area contributed by atoms with E-state index < -0.39 is 5.41 Å². The molecule has 0 aromatic heterocycles.